The van der Waals surface area contributed by atoms with Crippen molar-refractivity contribution in [2.45, 2.75) is 32.9 Å². The van der Waals surface area contributed by atoms with Crippen LogP contribution < -0.4 is 0 Å². The van der Waals surface area contributed by atoms with Crippen LogP contribution in [0.15, 0.2) is 36.4 Å². The van der Waals surface area contributed by atoms with E-state index in [0.717, 1.165) is 41.4 Å². The van der Waals surface area contributed by atoms with E-state index in [4.69, 9.17) is 0 Å². The molecule has 2 fully saturated rings. The van der Waals surface area contributed by atoms with Crippen LogP contribution in [0.4, 0.5) is 0 Å². The van der Waals surface area contributed by atoms with Gasteiger partial charge in [-0.15, -0.1) is 11.3 Å². The van der Waals surface area contributed by atoms with Gasteiger partial charge in [0.25, 0.3) is 5.91 Å². The van der Waals surface area contributed by atoms with Gasteiger partial charge in [0.2, 0.25) is 5.91 Å². The molecule has 148 valence electrons. The predicted octanol–water partition coefficient (Wildman–Crippen LogP) is 2.92. The van der Waals surface area contributed by atoms with Crippen LogP contribution in [-0.4, -0.2) is 65.3 Å². The molecule has 6 heteroatoms. The molecule has 0 aliphatic carbocycles. The van der Waals surface area contributed by atoms with Crippen molar-refractivity contribution in [1.29, 1.82) is 0 Å². The maximum Gasteiger partial charge on any atom is 0.263 e. The fraction of sp³-hybridized carbons (Fsp3) is 0.455. The summed E-state index contributed by atoms with van der Waals surface area (Å²) in [6.45, 7) is 8.44. The first kappa shape index (κ1) is 19.2. The van der Waals surface area contributed by atoms with Crippen molar-refractivity contribution in [1.82, 2.24) is 14.7 Å². The molecular weight excluding hydrogens is 370 g/mol. The van der Waals surface area contributed by atoms with Crippen molar-refractivity contribution < 1.29 is 9.59 Å². The van der Waals surface area contributed by atoms with Gasteiger partial charge in [0.05, 0.1) is 4.88 Å². The second-order valence-corrected chi connectivity index (χ2v) is 9.10. The Morgan fingerprint density at radius 1 is 1.11 bits per heavy atom. The Labute approximate surface area is 170 Å². The summed E-state index contributed by atoms with van der Waals surface area (Å²) in [6, 6.07) is 12.0. The lowest BCUT2D eigenvalue weighted by molar-refractivity contribution is -0.142. The van der Waals surface area contributed by atoms with E-state index in [-0.39, 0.29) is 17.9 Å². The Kier molecular flexibility index (Phi) is 5.51. The molecule has 3 heterocycles. The molecule has 28 heavy (non-hydrogen) atoms. The summed E-state index contributed by atoms with van der Waals surface area (Å²) in [5, 5.41) is 0. The monoisotopic (exact) mass is 397 g/mol. The standard InChI is InChI=1S/C22H27N3O2S/c1-16-5-3-6-18(13-16)14-25-12-11-23-9-4-10-24(15-19(23)21(25)26)22(27)20-8-7-17(2)28-20/h3,5-8,13,19H,4,9-12,14-15H2,1-2H3. The van der Waals surface area contributed by atoms with Gasteiger partial charge in [-0.2, -0.15) is 0 Å². The maximum atomic E-state index is 13.3. The van der Waals surface area contributed by atoms with Crippen LogP contribution in [0.3, 0.4) is 0 Å². The van der Waals surface area contributed by atoms with Crippen LogP contribution >= 0.6 is 11.3 Å². The zero-order valence-corrected chi connectivity index (χ0v) is 17.4. The highest BCUT2D eigenvalue weighted by Crippen LogP contribution is 2.22. The van der Waals surface area contributed by atoms with Gasteiger partial charge in [-0.05, 0) is 38.0 Å². The first-order valence-electron chi connectivity index (χ1n) is 9.95. The lowest BCUT2D eigenvalue weighted by atomic mass is 10.1. The molecule has 0 spiro atoms. The number of thiophene rings is 1. The number of fused-ring (bicyclic) bond motifs is 1. The molecule has 0 saturated carbocycles. The number of nitrogens with zero attached hydrogens (tertiary/aromatic N) is 3. The van der Waals surface area contributed by atoms with Crippen LogP contribution in [0, 0.1) is 13.8 Å². The van der Waals surface area contributed by atoms with Crippen LogP contribution in [0.2, 0.25) is 0 Å². The van der Waals surface area contributed by atoms with Crippen molar-refractivity contribution in [3.63, 3.8) is 0 Å². The molecule has 2 aliphatic rings. The lowest BCUT2D eigenvalue weighted by Gasteiger charge is -2.40. The van der Waals surface area contributed by atoms with Crippen LogP contribution in [0.1, 0.15) is 32.1 Å². The Hall–Kier alpha value is -2.18. The van der Waals surface area contributed by atoms with Gasteiger partial charge in [-0.1, -0.05) is 29.8 Å². The van der Waals surface area contributed by atoms with Gasteiger partial charge >= 0.3 is 0 Å². The second-order valence-electron chi connectivity index (χ2n) is 7.82. The average Bonchev–Trinajstić information content (AvgIpc) is 2.98. The Balaban J connectivity index is 1.49. The molecule has 2 aromatic rings. The van der Waals surface area contributed by atoms with E-state index in [1.165, 1.54) is 16.9 Å². The normalized spacial score (nSPS) is 20.8. The zero-order valence-electron chi connectivity index (χ0n) is 16.6. The summed E-state index contributed by atoms with van der Waals surface area (Å²) in [5.41, 5.74) is 2.37. The minimum absolute atomic E-state index is 0.0588. The molecule has 0 bridgehead atoms. The summed E-state index contributed by atoms with van der Waals surface area (Å²) in [4.78, 5) is 34.2. The van der Waals surface area contributed by atoms with Crippen molar-refractivity contribution in [3.8, 4) is 0 Å². The Morgan fingerprint density at radius 2 is 1.96 bits per heavy atom. The summed E-state index contributed by atoms with van der Waals surface area (Å²) < 4.78 is 0. The average molecular weight is 398 g/mol. The number of hydrogen-bond donors (Lipinski definition) is 0. The van der Waals surface area contributed by atoms with E-state index in [1.807, 2.05) is 34.9 Å². The third-order valence-corrected chi connectivity index (χ3v) is 6.64. The molecule has 1 atom stereocenters. The van der Waals surface area contributed by atoms with E-state index in [9.17, 15) is 9.59 Å². The number of carbonyl (C=O) groups excluding carboxylic acids is 2. The van der Waals surface area contributed by atoms with Crippen molar-refractivity contribution in [3.05, 3.63) is 57.3 Å². The molecule has 2 amide bonds. The second kappa shape index (κ2) is 8.05. The molecule has 1 aromatic heterocycles. The molecule has 5 nitrogen and oxygen atoms in total. The van der Waals surface area contributed by atoms with Crippen molar-refractivity contribution in [2.24, 2.45) is 0 Å². The van der Waals surface area contributed by atoms with Gasteiger partial charge in [0.15, 0.2) is 0 Å². The molecule has 4 rings (SSSR count). The molecular formula is C22H27N3O2S. The first-order chi connectivity index (χ1) is 13.5. The zero-order chi connectivity index (χ0) is 19.7. The van der Waals surface area contributed by atoms with E-state index < -0.39 is 0 Å². The van der Waals surface area contributed by atoms with Crippen LogP contribution in [0.5, 0.6) is 0 Å². The van der Waals surface area contributed by atoms with Crippen molar-refractivity contribution >= 4 is 23.2 Å². The number of rotatable bonds is 3. The van der Waals surface area contributed by atoms with Crippen LogP contribution in [0.25, 0.3) is 0 Å². The third kappa shape index (κ3) is 3.98. The molecule has 0 N–H and O–H groups in total. The van der Waals surface area contributed by atoms with Gasteiger partial charge < -0.3 is 9.80 Å². The fourth-order valence-electron chi connectivity index (χ4n) is 4.19. The first-order valence-corrected chi connectivity index (χ1v) is 10.8. The molecule has 2 saturated heterocycles. The molecule has 2 aliphatic heterocycles. The highest BCUT2D eigenvalue weighted by molar-refractivity contribution is 7.13. The fourth-order valence-corrected chi connectivity index (χ4v) is 5.02. The summed E-state index contributed by atoms with van der Waals surface area (Å²) in [6.07, 6.45) is 0.914. The highest BCUT2D eigenvalue weighted by Gasteiger charge is 2.38. The number of carbonyl (C=O) groups is 2. The topological polar surface area (TPSA) is 43.9 Å². The van der Waals surface area contributed by atoms with Crippen LogP contribution in [-0.2, 0) is 11.3 Å². The van der Waals surface area contributed by atoms with Gasteiger partial charge in [-0.3, -0.25) is 14.5 Å². The number of hydrogen-bond acceptors (Lipinski definition) is 4. The molecule has 1 aromatic carbocycles. The highest BCUT2D eigenvalue weighted by atomic mass is 32.1. The van der Waals surface area contributed by atoms with Gasteiger partial charge in [0.1, 0.15) is 6.04 Å². The predicted molar refractivity (Wildman–Crippen MR) is 112 cm³/mol. The third-order valence-electron chi connectivity index (χ3n) is 5.66. The van der Waals surface area contributed by atoms with E-state index in [0.29, 0.717) is 19.6 Å². The molecule has 1 unspecified atom stereocenters. The van der Waals surface area contributed by atoms with Gasteiger partial charge in [0, 0.05) is 44.1 Å². The summed E-state index contributed by atoms with van der Waals surface area (Å²) in [5.74, 6) is 0.207. The smallest absolute Gasteiger partial charge is 0.263 e. The number of benzene rings is 1. The number of aryl methyl sites for hydroxylation is 2. The van der Waals surface area contributed by atoms with E-state index in [2.05, 4.69) is 30.0 Å². The summed E-state index contributed by atoms with van der Waals surface area (Å²) in [7, 11) is 0. The quantitative estimate of drug-likeness (QED) is 0.800. The Bertz CT molecular complexity index is 878. The van der Waals surface area contributed by atoms with Crippen molar-refractivity contribution in [2.75, 3.05) is 32.7 Å². The van der Waals surface area contributed by atoms with Gasteiger partial charge in [-0.25, -0.2) is 0 Å². The largest absolute Gasteiger partial charge is 0.336 e. The maximum absolute atomic E-state index is 13.3. The number of amides is 2. The van der Waals surface area contributed by atoms with E-state index >= 15 is 0 Å². The summed E-state index contributed by atoms with van der Waals surface area (Å²) >= 11 is 1.53. The molecule has 0 radical (unpaired) electrons. The van der Waals surface area contributed by atoms with E-state index in [1.54, 1.807) is 0 Å². The lowest BCUT2D eigenvalue weighted by Crippen LogP contribution is -2.59. The number of piperazine rings is 1. The SMILES string of the molecule is Cc1cccc(CN2CCN3CCCN(C(=O)c4ccc(C)s4)CC3C2=O)c1. The minimum Gasteiger partial charge on any atom is -0.336 e. The minimum atomic E-state index is -0.230. The Morgan fingerprint density at radius 3 is 2.71 bits per heavy atom.